The van der Waals surface area contributed by atoms with Crippen LogP contribution in [0.15, 0.2) is 24.2 Å². The molecule has 0 bridgehead atoms. The molecule has 38 heavy (non-hydrogen) atoms. The van der Waals surface area contributed by atoms with Crippen LogP contribution in [-0.4, -0.2) is 44.8 Å². The van der Waals surface area contributed by atoms with Crippen molar-refractivity contribution in [2.24, 2.45) is 11.5 Å². The van der Waals surface area contributed by atoms with Crippen molar-refractivity contribution >= 4 is 23.3 Å². The average molecular weight is 544 g/mol. The molecule has 9 nitrogen and oxygen atoms in total. The standard InChI is InChI=1S/C23H22F6N6O3/c1-9-14(18(36)21(38)34-22(13(31)5-30)7-23(28,29)8-22)12-4-10(24)6-35(12)17(9)20(37)33-11-2-3-32-16(15(11)25)19(26)27/h2-3,5,10,19H,4,6-8,30-31H2,1H3,(H,34,38)(H,32,33,37)/b13-5-/t10-/m1/s1. The molecule has 0 saturated heterocycles. The molecule has 204 valence electrons. The highest BCUT2D eigenvalue weighted by molar-refractivity contribution is 6.44. The third-order valence-electron chi connectivity index (χ3n) is 6.64. The molecule has 0 radical (unpaired) electrons. The number of carbonyl (C=O) groups excluding carboxylic acids is 3. The Labute approximate surface area is 211 Å². The van der Waals surface area contributed by atoms with Crippen LogP contribution in [0.1, 0.15) is 57.1 Å². The summed E-state index contributed by atoms with van der Waals surface area (Å²) in [6, 6.07) is 0.933. The van der Waals surface area contributed by atoms with Crippen molar-refractivity contribution < 1.29 is 40.7 Å². The topological polar surface area (TPSA) is 145 Å². The SMILES string of the molecule is Cc1c(C(=O)C(=O)NC2(/C(N)=C/N)CC(F)(F)C2)c2n(c1C(=O)Nc1ccnc(C(F)F)c1F)C[C@H](F)C2. The highest BCUT2D eigenvalue weighted by atomic mass is 19.3. The van der Waals surface area contributed by atoms with E-state index in [1.807, 2.05) is 0 Å². The summed E-state index contributed by atoms with van der Waals surface area (Å²) in [6.45, 7) is 0.900. The van der Waals surface area contributed by atoms with Gasteiger partial charge in [0.2, 0.25) is 0 Å². The fourth-order valence-corrected chi connectivity index (χ4v) is 4.92. The first-order chi connectivity index (χ1) is 17.7. The van der Waals surface area contributed by atoms with Crippen molar-refractivity contribution in [1.82, 2.24) is 14.9 Å². The Kier molecular flexibility index (Phi) is 6.66. The van der Waals surface area contributed by atoms with Gasteiger partial charge in [-0.25, -0.2) is 26.3 Å². The summed E-state index contributed by atoms with van der Waals surface area (Å²) in [5.41, 5.74) is 6.42. The Balaban J connectivity index is 1.67. The number of amides is 2. The van der Waals surface area contributed by atoms with Crippen LogP contribution >= 0.6 is 0 Å². The van der Waals surface area contributed by atoms with Gasteiger partial charge >= 0.3 is 0 Å². The number of rotatable bonds is 7. The zero-order chi connectivity index (χ0) is 28.2. The van der Waals surface area contributed by atoms with E-state index in [4.69, 9.17) is 11.5 Å². The molecule has 1 aliphatic heterocycles. The van der Waals surface area contributed by atoms with Crippen molar-refractivity contribution in [2.75, 3.05) is 5.32 Å². The number of fused-ring (bicyclic) bond motifs is 1. The van der Waals surface area contributed by atoms with Crippen LogP contribution in [0.5, 0.6) is 0 Å². The lowest BCUT2D eigenvalue weighted by atomic mass is 9.71. The number of carbonyl (C=O) groups is 3. The normalized spacial score (nSPS) is 19.6. The highest BCUT2D eigenvalue weighted by Crippen LogP contribution is 2.48. The minimum atomic E-state index is -3.26. The first-order valence-corrected chi connectivity index (χ1v) is 11.2. The number of alkyl halides is 5. The smallest absolute Gasteiger partial charge is 0.293 e. The molecule has 6 N–H and O–H groups in total. The fourth-order valence-electron chi connectivity index (χ4n) is 4.92. The molecule has 0 aromatic carbocycles. The number of hydrogen-bond acceptors (Lipinski definition) is 6. The van der Waals surface area contributed by atoms with Crippen molar-refractivity contribution in [3.8, 4) is 0 Å². The number of nitrogens with two attached hydrogens (primary N) is 2. The van der Waals surface area contributed by atoms with Crippen molar-refractivity contribution in [3.63, 3.8) is 0 Å². The lowest BCUT2D eigenvalue weighted by Crippen LogP contribution is -2.65. The van der Waals surface area contributed by atoms with Crippen LogP contribution in [0.4, 0.5) is 32.0 Å². The lowest BCUT2D eigenvalue weighted by molar-refractivity contribution is -0.137. The Morgan fingerprint density at radius 2 is 1.92 bits per heavy atom. The van der Waals surface area contributed by atoms with E-state index in [-0.39, 0.29) is 41.2 Å². The van der Waals surface area contributed by atoms with E-state index < -0.39 is 71.7 Å². The van der Waals surface area contributed by atoms with E-state index in [0.29, 0.717) is 0 Å². The zero-order valence-electron chi connectivity index (χ0n) is 19.8. The maximum Gasteiger partial charge on any atom is 0.293 e. The molecule has 2 aliphatic rings. The van der Waals surface area contributed by atoms with Gasteiger partial charge in [-0.3, -0.25) is 19.4 Å². The first-order valence-electron chi connectivity index (χ1n) is 11.2. The van der Waals surface area contributed by atoms with Gasteiger partial charge in [-0.2, -0.15) is 0 Å². The zero-order valence-corrected chi connectivity index (χ0v) is 19.8. The Hall–Kier alpha value is -4.04. The summed E-state index contributed by atoms with van der Waals surface area (Å²) < 4.78 is 83.1. The van der Waals surface area contributed by atoms with E-state index in [2.05, 4.69) is 15.6 Å². The monoisotopic (exact) mass is 544 g/mol. The highest BCUT2D eigenvalue weighted by Gasteiger charge is 2.59. The van der Waals surface area contributed by atoms with Gasteiger partial charge in [0.05, 0.1) is 29.0 Å². The van der Waals surface area contributed by atoms with Gasteiger partial charge in [-0.15, -0.1) is 0 Å². The van der Waals surface area contributed by atoms with Crippen LogP contribution in [-0.2, 0) is 17.8 Å². The average Bonchev–Trinajstić information content (AvgIpc) is 3.30. The molecule has 1 saturated carbocycles. The van der Waals surface area contributed by atoms with Crippen LogP contribution in [0, 0.1) is 12.7 Å². The third-order valence-corrected chi connectivity index (χ3v) is 6.64. The molecule has 1 atom stereocenters. The van der Waals surface area contributed by atoms with Crippen LogP contribution < -0.4 is 22.1 Å². The first kappa shape index (κ1) is 27.0. The third kappa shape index (κ3) is 4.45. The number of nitrogens with one attached hydrogen (secondary N) is 2. The number of pyridine rings is 1. The minimum absolute atomic E-state index is 0.0147. The summed E-state index contributed by atoms with van der Waals surface area (Å²) in [7, 11) is 0. The maximum atomic E-state index is 14.4. The van der Waals surface area contributed by atoms with E-state index in [1.165, 1.54) is 6.92 Å². The van der Waals surface area contributed by atoms with Crippen molar-refractivity contribution in [2.45, 2.75) is 56.8 Å². The summed E-state index contributed by atoms with van der Waals surface area (Å²) in [6.07, 6.45) is -5.27. The van der Waals surface area contributed by atoms with Gasteiger partial charge in [-0.05, 0) is 18.6 Å². The summed E-state index contributed by atoms with van der Waals surface area (Å²) in [5, 5.41) is 4.31. The van der Waals surface area contributed by atoms with Crippen LogP contribution in [0.25, 0.3) is 0 Å². The summed E-state index contributed by atoms with van der Waals surface area (Å²) in [5.74, 6) is -8.27. The molecule has 2 amide bonds. The molecule has 3 heterocycles. The molecule has 1 fully saturated rings. The van der Waals surface area contributed by atoms with Gasteiger partial charge in [0.25, 0.3) is 29.9 Å². The van der Waals surface area contributed by atoms with Crippen molar-refractivity contribution in [3.05, 3.63) is 58.2 Å². The second kappa shape index (κ2) is 9.36. The number of nitrogens with zero attached hydrogens (tertiary/aromatic N) is 2. The number of hydrogen-bond donors (Lipinski definition) is 4. The van der Waals surface area contributed by atoms with E-state index in [1.54, 1.807) is 0 Å². The Morgan fingerprint density at radius 1 is 1.26 bits per heavy atom. The second-order valence-electron chi connectivity index (χ2n) is 9.22. The minimum Gasteiger partial charge on any atom is -0.403 e. The number of Topliss-reactive ketones (excluding diaryl/α,β-unsaturated/α-hetero) is 1. The quantitative estimate of drug-likeness (QED) is 0.240. The predicted octanol–water partition coefficient (Wildman–Crippen LogP) is 2.64. The molecule has 2 aromatic heterocycles. The van der Waals surface area contributed by atoms with Gasteiger partial charge in [0.15, 0.2) is 5.82 Å². The van der Waals surface area contributed by atoms with E-state index >= 15 is 0 Å². The molecule has 2 aromatic rings. The van der Waals surface area contributed by atoms with E-state index in [0.717, 1.165) is 23.0 Å². The number of aromatic nitrogens is 2. The van der Waals surface area contributed by atoms with Gasteiger partial charge < -0.3 is 26.7 Å². The summed E-state index contributed by atoms with van der Waals surface area (Å²) in [4.78, 5) is 42.3. The van der Waals surface area contributed by atoms with Gasteiger partial charge in [0.1, 0.15) is 17.6 Å². The molecule has 4 rings (SSSR count). The molecule has 1 aliphatic carbocycles. The Morgan fingerprint density at radius 3 is 2.50 bits per heavy atom. The van der Waals surface area contributed by atoms with Gasteiger partial charge in [0, 0.05) is 37.4 Å². The van der Waals surface area contributed by atoms with Gasteiger partial charge in [-0.1, -0.05) is 0 Å². The number of anilines is 1. The van der Waals surface area contributed by atoms with E-state index in [9.17, 15) is 40.7 Å². The Bertz CT molecular complexity index is 1360. The predicted molar refractivity (Wildman–Crippen MR) is 121 cm³/mol. The number of halogens is 6. The fraction of sp³-hybridized carbons (Fsp3) is 0.391. The van der Waals surface area contributed by atoms with Crippen LogP contribution in [0.2, 0.25) is 0 Å². The lowest BCUT2D eigenvalue weighted by Gasteiger charge is -2.47. The maximum absolute atomic E-state index is 14.4. The molecule has 15 heteroatoms. The second-order valence-corrected chi connectivity index (χ2v) is 9.22. The van der Waals surface area contributed by atoms with Crippen LogP contribution in [0.3, 0.4) is 0 Å². The number of ketones is 1. The summed E-state index contributed by atoms with van der Waals surface area (Å²) >= 11 is 0. The van der Waals surface area contributed by atoms with Crippen molar-refractivity contribution in [1.29, 1.82) is 0 Å². The molecular formula is C23H22F6N6O3. The molecule has 0 spiro atoms. The molecular weight excluding hydrogens is 522 g/mol. The largest absolute Gasteiger partial charge is 0.403 e. The molecule has 0 unspecified atom stereocenters.